The Morgan fingerprint density at radius 2 is 1.90 bits per heavy atom. The molecule has 20 heavy (non-hydrogen) atoms. The van der Waals surface area contributed by atoms with Gasteiger partial charge in [-0.3, -0.25) is 4.79 Å². The Morgan fingerprint density at radius 3 is 2.55 bits per heavy atom. The zero-order valence-electron chi connectivity index (χ0n) is 12.2. The summed E-state index contributed by atoms with van der Waals surface area (Å²) in [5, 5.41) is 12.7. The molecule has 2 N–H and O–H groups in total. The average molecular weight is 277 g/mol. The van der Waals surface area contributed by atoms with Gasteiger partial charge in [-0.05, 0) is 49.9 Å². The van der Waals surface area contributed by atoms with Crippen molar-refractivity contribution in [3.63, 3.8) is 0 Å². The minimum Gasteiger partial charge on any atom is -0.484 e. The highest BCUT2D eigenvalue weighted by Gasteiger charge is 2.24. The van der Waals surface area contributed by atoms with Crippen LogP contribution < -0.4 is 10.1 Å². The van der Waals surface area contributed by atoms with Gasteiger partial charge in [0, 0.05) is 0 Å². The maximum Gasteiger partial charge on any atom is 0.258 e. The lowest BCUT2D eigenvalue weighted by Crippen LogP contribution is -2.46. The molecule has 2 rings (SSSR count). The predicted molar refractivity (Wildman–Crippen MR) is 77.8 cm³/mol. The number of nitrogens with one attached hydrogen (secondary N) is 1. The van der Waals surface area contributed by atoms with Gasteiger partial charge in [0.15, 0.2) is 6.61 Å². The summed E-state index contributed by atoms with van der Waals surface area (Å²) in [6.07, 6.45) is 3.28. The monoisotopic (exact) mass is 277 g/mol. The molecule has 0 saturated heterocycles. The third-order valence-electron chi connectivity index (χ3n) is 3.64. The van der Waals surface area contributed by atoms with Crippen LogP contribution >= 0.6 is 0 Å². The van der Waals surface area contributed by atoms with Crippen LogP contribution in [0.1, 0.15) is 36.8 Å². The number of aliphatic hydroxyl groups excluding tert-OH is 1. The van der Waals surface area contributed by atoms with Gasteiger partial charge in [0.1, 0.15) is 5.75 Å². The van der Waals surface area contributed by atoms with Crippen LogP contribution in [0.25, 0.3) is 0 Å². The fourth-order valence-electron chi connectivity index (χ4n) is 2.69. The lowest BCUT2D eigenvalue weighted by Gasteiger charge is -2.28. The Morgan fingerprint density at radius 1 is 1.25 bits per heavy atom. The molecule has 1 saturated carbocycles. The summed E-state index contributed by atoms with van der Waals surface area (Å²) >= 11 is 0. The van der Waals surface area contributed by atoms with Crippen molar-refractivity contribution in [1.29, 1.82) is 0 Å². The SMILES string of the molecule is Cc1cc(C)cc(OCC(=O)N[C@@H]2CCCC[C@H]2O)c1. The summed E-state index contributed by atoms with van der Waals surface area (Å²) in [5.41, 5.74) is 2.23. The Kier molecular flexibility index (Phi) is 5.01. The van der Waals surface area contributed by atoms with E-state index in [2.05, 4.69) is 11.4 Å². The zero-order valence-corrected chi connectivity index (χ0v) is 12.2. The molecule has 0 unspecified atom stereocenters. The lowest BCUT2D eigenvalue weighted by atomic mass is 9.92. The maximum atomic E-state index is 11.9. The second-order valence-corrected chi connectivity index (χ2v) is 5.64. The van der Waals surface area contributed by atoms with Crippen LogP contribution in [0.3, 0.4) is 0 Å². The van der Waals surface area contributed by atoms with Crippen molar-refractivity contribution < 1.29 is 14.6 Å². The second kappa shape index (κ2) is 6.75. The van der Waals surface area contributed by atoms with Crippen molar-refractivity contribution in [2.45, 2.75) is 51.7 Å². The number of ether oxygens (including phenoxy) is 1. The Hall–Kier alpha value is -1.55. The molecule has 4 heteroatoms. The molecule has 0 spiro atoms. The molecule has 1 fully saturated rings. The molecular weight excluding hydrogens is 254 g/mol. The van der Waals surface area contributed by atoms with E-state index in [1.54, 1.807) is 0 Å². The van der Waals surface area contributed by atoms with Crippen molar-refractivity contribution in [2.75, 3.05) is 6.61 Å². The Labute approximate surface area is 120 Å². The number of amides is 1. The Bertz CT molecular complexity index is 453. The highest BCUT2D eigenvalue weighted by molar-refractivity contribution is 5.77. The van der Waals surface area contributed by atoms with E-state index in [1.165, 1.54) is 0 Å². The van der Waals surface area contributed by atoms with Gasteiger partial charge in [0.05, 0.1) is 12.1 Å². The van der Waals surface area contributed by atoms with E-state index in [4.69, 9.17) is 4.74 Å². The molecular formula is C16H23NO3. The number of carbonyl (C=O) groups is 1. The second-order valence-electron chi connectivity index (χ2n) is 5.64. The van der Waals surface area contributed by atoms with Gasteiger partial charge in [-0.25, -0.2) is 0 Å². The molecule has 110 valence electrons. The van der Waals surface area contributed by atoms with Crippen LogP contribution in [0.15, 0.2) is 18.2 Å². The number of hydrogen-bond acceptors (Lipinski definition) is 3. The zero-order chi connectivity index (χ0) is 14.5. The van der Waals surface area contributed by atoms with Crippen molar-refractivity contribution >= 4 is 5.91 Å². The number of rotatable bonds is 4. The molecule has 2 atom stereocenters. The van der Waals surface area contributed by atoms with Gasteiger partial charge >= 0.3 is 0 Å². The summed E-state index contributed by atoms with van der Waals surface area (Å²) in [7, 11) is 0. The summed E-state index contributed by atoms with van der Waals surface area (Å²) in [6.45, 7) is 3.99. The van der Waals surface area contributed by atoms with Crippen LogP contribution in [0.4, 0.5) is 0 Å². The number of hydrogen-bond donors (Lipinski definition) is 2. The van der Waals surface area contributed by atoms with Crippen LogP contribution in [0, 0.1) is 13.8 Å². The first-order chi connectivity index (χ1) is 9.54. The number of aliphatic hydroxyl groups is 1. The van der Waals surface area contributed by atoms with E-state index in [9.17, 15) is 9.90 Å². The van der Waals surface area contributed by atoms with Crippen molar-refractivity contribution in [2.24, 2.45) is 0 Å². The largest absolute Gasteiger partial charge is 0.484 e. The van der Waals surface area contributed by atoms with E-state index < -0.39 is 6.10 Å². The van der Waals surface area contributed by atoms with Crippen molar-refractivity contribution in [3.8, 4) is 5.75 Å². The Balaban J connectivity index is 1.82. The molecule has 1 aliphatic carbocycles. The van der Waals surface area contributed by atoms with Crippen LogP contribution in [-0.2, 0) is 4.79 Å². The van der Waals surface area contributed by atoms with Gasteiger partial charge in [0.2, 0.25) is 0 Å². The maximum absolute atomic E-state index is 11.9. The van der Waals surface area contributed by atoms with E-state index in [-0.39, 0.29) is 18.6 Å². The summed E-state index contributed by atoms with van der Waals surface area (Å²) < 4.78 is 5.51. The minimum atomic E-state index is -0.422. The summed E-state index contributed by atoms with van der Waals surface area (Å²) in [5.74, 6) is 0.539. The molecule has 0 bridgehead atoms. The van der Waals surface area contributed by atoms with E-state index in [0.29, 0.717) is 5.75 Å². The third-order valence-corrected chi connectivity index (χ3v) is 3.64. The fourth-order valence-corrected chi connectivity index (χ4v) is 2.69. The quantitative estimate of drug-likeness (QED) is 0.886. The van der Waals surface area contributed by atoms with Crippen LogP contribution in [-0.4, -0.2) is 29.8 Å². The molecule has 1 aromatic carbocycles. The smallest absolute Gasteiger partial charge is 0.258 e. The lowest BCUT2D eigenvalue weighted by molar-refractivity contribution is -0.125. The van der Waals surface area contributed by atoms with Gasteiger partial charge in [-0.1, -0.05) is 18.9 Å². The molecule has 4 nitrogen and oxygen atoms in total. The van der Waals surface area contributed by atoms with Gasteiger partial charge in [0.25, 0.3) is 5.91 Å². The van der Waals surface area contributed by atoms with Crippen molar-refractivity contribution in [1.82, 2.24) is 5.32 Å². The third kappa shape index (κ3) is 4.23. The first-order valence-corrected chi connectivity index (χ1v) is 7.23. The molecule has 0 heterocycles. The van der Waals surface area contributed by atoms with Gasteiger partial charge in [-0.2, -0.15) is 0 Å². The standard InChI is InChI=1S/C16H23NO3/c1-11-7-12(2)9-13(8-11)20-10-16(19)17-14-5-3-4-6-15(14)18/h7-9,14-15,18H,3-6,10H2,1-2H3,(H,17,19)/t14-,15-/m1/s1. The number of aryl methyl sites for hydroxylation is 2. The predicted octanol–water partition coefficient (Wildman–Crippen LogP) is 2.10. The fraction of sp³-hybridized carbons (Fsp3) is 0.562. The topological polar surface area (TPSA) is 58.6 Å². The highest BCUT2D eigenvalue weighted by atomic mass is 16.5. The minimum absolute atomic E-state index is 0.00782. The molecule has 0 radical (unpaired) electrons. The number of benzene rings is 1. The first kappa shape index (κ1) is 14.9. The van der Waals surface area contributed by atoms with Crippen molar-refractivity contribution in [3.05, 3.63) is 29.3 Å². The molecule has 1 aliphatic rings. The van der Waals surface area contributed by atoms with E-state index >= 15 is 0 Å². The van der Waals surface area contributed by atoms with E-state index in [0.717, 1.165) is 36.8 Å². The molecule has 1 aromatic rings. The van der Waals surface area contributed by atoms with Crippen LogP contribution in [0.2, 0.25) is 0 Å². The van der Waals surface area contributed by atoms with Crippen LogP contribution in [0.5, 0.6) is 5.75 Å². The summed E-state index contributed by atoms with van der Waals surface area (Å²) in [4.78, 5) is 11.9. The summed E-state index contributed by atoms with van der Waals surface area (Å²) in [6, 6.07) is 5.76. The van der Waals surface area contributed by atoms with Gasteiger partial charge < -0.3 is 15.2 Å². The average Bonchev–Trinajstić information content (AvgIpc) is 2.38. The highest BCUT2D eigenvalue weighted by Crippen LogP contribution is 2.19. The molecule has 0 aromatic heterocycles. The molecule has 1 amide bonds. The molecule has 0 aliphatic heterocycles. The van der Waals surface area contributed by atoms with Gasteiger partial charge in [-0.15, -0.1) is 0 Å². The first-order valence-electron chi connectivity index (χ1n) is 7.23. The number of carbonyl (C=O) groups excluding carboxylic acids is 1. The normalized spacial score (nSPS) is 22.4. The van der Waals surface area contributed by atoms with E-state index in [1.807, 2.05) is 26.0 Å².